The second-order valence-electron chi connectivity index (χ2n) is 3.03. The van der Waals surface area contributed by atoms with Crippen molar-refractivity contribution in [2.45, 2.75) is 6.92 Å². The molecule has 0 atom stereocenters. The fourth-order valence-corrected chi connectivity index (χ4v) is 1.38. The van der Waals surface area contributed by atoms with Crippen LogP contribution < -0.4 is 4.74 Å². The summed E-state index contributed by atoms with van der Waals surface area (Å²) in [6.07, 6.45) is 0. The Morgan fingerprint density at radius 1 is 1.44 bits per heavy atom. The monoisotopic (exact) mass is 237 g/mol. The number of esters is 1. The minimum absolute atomic E-state index is 0.319. The average molecular weight is 237 g/mol. The van der Waals surface area contributed by atoms with Crippen LogP contribution in [0.2, 0.25) is 0 Å². The van der Waals surface area contributed by atoms with Crippen LogP contribution in [0.1, 0.15) is 15.9 Å². The third-order valence-corrected chi connectivity index (χ3v) is 2.18. The first-order chi connectivity index (χ1) is 7.63. The van der Waals surface area contributed by atoms with Crippen LogP contribution in [0.4, 0.5) is 5.69 Å². The van der Waals surface area contributed by atoms with E-state index < -0.39 is 5.97 Å². The highest BCUT2D eigenvalue weighted by Crippen LogP contribution is 2.28. The molecule has 4 nitrogen and oxygen atoms in total. The smallest absolute Gasteiger partial charge is 0.341 e. The van der Waals surface area contributed by atoms with E-state index in [1.165, 1.54) is 14.2 Å². The molecule has 0 unspecified atom stereocenters. The number of thiocarbonyl (C=S) groups is 1. The van der Waals surface area contributed by atoms with Crippen molar-refractivity contribution < 1.29 is 14.3 Å². The predicted octanol–water partition coefficient (Wildman–Crippen LogP) is 2.52. The van der Waals surface area contributed by atoms with Gasteiger partial charge in [0.25, 0.3) is 0 Å². The van der Waals surface area contributed by atoms with Crippen LogP contribution in [0.5, 0.6) is 5.75 Å². The van der Waals surface area contributed by atoms with Crippen molar-refractivity contribution in [3.05, 3.63) is 23.3 Å². The van der Waals surface area contributed by atoms with Gasteiger partial charge in [-0.1, -0.05) is 0 Å². The zero-order valence-corrected chi connectivity index (χ0v) is 10.1. The van der Waals surface area contributed by atoms with Crippen LogP contribution in [-0.4, -0.2) is 25.4 Å². The van der Waals surface area contributed by atoms with Gasteiger partial charge < -0.3 is 9.47 Å². The maximum Gasteiger partial charge on any atom is 0.341 e. The van der Waals surface area contributed by atoms with Crippen molar-refractivity contribution in [3.63, 3.8) is 0 Å². The van der Waals surface area contributed by atoms with Crippen LogP contribution in [0.3, 0.4) is 0 Å². The number of carbonyl (C=O) groups excluding carboxylic acids is 1. The lowest BCUT2D eigenvalue weighted by atomic mass is 10.1. The summed E-state index contributed by atoms with van der Waals surface area (Å²) in [5, 5.41) is 2.26. The van der Waals surface area contributed by atoms with Gasteiger partial charge in [-0.05, 0) is 36.8 Å². The van der Waals surface area contributed by atoms with Crippen molar-refractivity contribution in [2.75, 3.05) is 14.2 Å². The number of hydrogen-bond donors (Lipinski definition) is 0. The fraction of sp³-hybridized carbons (Fsp3) is 0.273. The minimum atomic E-state index is -0.474. The van der Waals surface area contributed by atoms with E-state index >= 15 is 0 Å². The van der Waals surface area contributed by atoms with Gasteiger partial charge in [0.2, 0.25) is 0 Å². The Labute approximate surface area is 98.9 Å². The summed E-state index contributed by atoms with van der Waals surface area (Å²) < 4.78 is 9.74. The molecule has 0 fully saturated rings. The summed E-state index contributed by atoms with van der Waals surface area (Å²) in [6.45, 7) is 1.84. The topological polar surface area (TPSA) is 47.9 Å². The van der Waals surface area contributed by atoms with Crippen LogP contribution >= 0.6 is 12.2 Å². The van der Waals surface area contributed by atoms with Gasteiger partial charge in [-0.25, -0.2) is 4.79 Å². The van der Waals surface area contributed by atoms with E-state index in [9.17, 15) is 4.79 Å². The summed E-state index contributed by atoms with van der Waals surface area (Å²) in [5.74, 6) is -0.0228. The van der Waals surface area contributed by atoms with Gasteiger partial charge in [0.05, 0.1) is 25.1 Å². The Morgan fingerprint density at radius 2 is 2.12 bits per heavy atom. The van der Waals surface area contributed by atoms with Crippen molar-refractivity contribution in [1.82, 2.24) is 0 Å². The van der Waals surface area contributed by atoms with Gasteiger partial charge in [-0.15, -0.1) is 0 Å². The van der Waals surface area contributed by atoms with E-state index in [4.69, 9.17) is 4.74 Å². The molecule has 0 heterocycles. The largest absolute Gasteiger partial charge is 0.496 e. The van der Waals surface area contributed by atoms with E-state index in [0.29, 0.717) is 17.0 Å². The number of carbonyl (C=O) groups is 1. The van der Waals surface area contributed by atoms with Gasteiger partial charge in [0.15, 0.2) is 0 Å². The second-order valence-corrected chi connectivity index (χ2v) is 3.22. The Hall–Kier alpha value is -1.71. The number of isothiocyanates is 1. The normalized spacial score (nSPS) is 9.19. The Bertz CT molecular complexity index is 465. The molecule has 0 aromatic heterocycles. The summed E-state index contributed by atoms with van der Waals surface area (Å²) in [6, 6.07) is 3.27. The molecule has 0 bridgehead atoms. The third-order valence-electron chi connectivity index (χ3n) is 2.09. The Kier molecular flexibility index (Phi) is 4.17. The maximum atomic E-state index is 11.5. The van der Waals surface area contributed by atoms with Crippen molar-refractivity contribution in [2.24, 2.45) is 4.99 Å². The molecule has 16 heavy (non-hydrogen) atoms. The van der Waals surface area contributed by atoms with Crippen molar-refractivity contribution in [1.29, 1.82) is 0 Å². The molecule has 0 radical (unpaired) electrons. The van der Waals surface area contributed by atoms with Gasteiger partial charge >= 0.3 is 5.97 Å². The van der Waals surface area contributed by atoms with Gasteiger partial charge in [0, 0.05) is 0 Å². The van der Waals surface area contributed by atoms with Crippen molar-refractivity contribution >= 4 is 29.0 Å². The first-order valence-corrected chi connectivity index (χ1v) is 4.89. The Balaban J connectivity index is 3.39. The molecule has 1 rings (SSSR count). The fourth-order valence-electron chi connectivity index (χ4n) is 1.28. The molecule has 84 valence electrons. The average Bonchev–Trinajstić information content (AvgIpc) is 2.30. The zero-order valence-electron chi connectivity index (χ0n) is 9.23. The van der Waals surface area contributed by atoms with E-state index in [1.807, 2.05) is 6.92 Å². The maximum absolute atomic E-state index is 11.5. The number of rotatable bonds is 3. The molecule has 1 aromatic rings. The summed E-state index contributed by atoms with van der Waals surface area (Å²) in [5.41, 5.74) is 1.75. The number of aliphatic imine (C=N–C) groups is 1. The number of aryl methyl sites for hydroxylation is 1. The van der Waals surface area contributed by atoms with E-state index in [2.05, 4.69) is 27.1 Å². The molecule has 0 aliphatic heterocycles. The first-order valence-electron chi connectivity index (χ1n) is 4.48. The molecule has 0 saturated carbocycles. The standard InChI is InChI=1S/C11H11NO3S/c1-7-4-10(14-2)8(11(13)15-3)5-9(7)12-6-16/h4-5H,1-3H3. The van der Waals surface area contributed by atoms with E-state index in [1.54, 1.807) is 12.1 Å². The highest BCUT2D eigenvalue weighted by atomic mass is 32.1. The summed E-state index contributed by atoms with van der Waals surface area (Å²) in [7, 11) is 2.80. The lowest BCUT2D eigenvalue weighted by molar-refractivity contribution is 0.0597. The van der Waals surface area contributed by atoms with Gasteiger partial charge in [-0.2, -0.15) is 4.99 Å². The number of methoxy groups -OCH3 is 2. The molecule has 0 aliphatic rings. The van der Waals surface area contributed by atoms with Crippen molar-refractivity contribution in [3.8, 4) is 5.75 Å². The number of nitrogens with zero attached hydrogens (tertiary/aromatic N) is 1. The molecule has 0 N–H and O–H groups in total. The molecular formula is C11H11NO3S. The third kappa shape index (κ3) is 2.45. The lowest BCUT2D eigenvalue weighted by Crippen LogP contribution is -2.04. The molecule has 0 aliphatic carbocycles. The van der Waals surface area contributed by atoms with Crippen LogP contribution in [0, 0.1) is 6.92 Å². The summed E-state index contributed by atoms with van der Waals surface area (Å²) >= 11 is 4.53. The molecule has 5 heteroatoms. The lowest BCUT2D eigenvalue weighted by Gasteiger charge is -2.09. The summed E-state index contributed by atoms with van der Waals surface area (Å²) in [4.78, 5) is 15.3. The molecule has 0 amide bonds. The van der Waals surface area contributed by atoms with E-state index in [0.717, 1.165) is 5.56 Å². The quantitative estimate of drug-likeness (QED) is 0.460. The predicted molar refractivity (Wildman–Crippen MR) is 63.8 cm³/mol. The SMILES string of the molecule is COC(=O)c1cc(N=C=S)c(C)cc1OC. The van der Waals surface area contributed by atoms with Gasteiger partial charge in [0.1, 0.15) is 11.3 Å². The van der Waals surface area contributed by atoms with Gasteiger partial charge in [-0.3, -0.25) is 0 Å². The minimum Gasteiger partial charge on any atom is -0.496 e. The Morgan fingerprint density at radius 3 is 2.62 bits per heavy atom. The van der Waals surface area contributed by atoms with Crippen LogP contribution in [0.15, 0.2) is 17.1 Å². The van der Waals surface area contributed by atoms with Crippen LogP contribution in [0.25, 0.3) is 0 Å². The second kappa shape index (κ2) is 5.39. The highest BCUT2D eigenvalue weighted by Gasteiger charge is 2.15. The van der Waals surface area contributed by atoms with E-state index in [-0.39, 0.29) is 0 Å². The zero-order chi connectivity index (χ0) is 12.1. The first kappa shape index (κ1) is 12.4. The number of hydrogen-bond acceptors (Lipinski definition) is 5. The molecule has 0 saturated heterocycles. The molecule has 0 spiro atoms. The van der Waals surface area contributed by atoms with Crippen LogP contribution in [-0.2, 0) is 4.74 Å². The molecule has 1 aromatic carbocycles. The highest BCUT2D eigenvalue weighted by molar-refractivity contribution is 7.78. The number of benzene rings is 1. The molecular weight excluding hydrogens is 226 g/mol. The number of ether oxygens (including phenoxy) is 2.